The fourth-order valence-corrected chi connectivity index (χ4v) is 7.01. The molecule has 1 atom stereocenters. The maximum Gasteiger partial charge on any atom is 0.226 e. The molecule has 10 heteroatoms. The van der Waals surface area contributed by atoms with E-state index in [1.165, 1.54) is 6.42 Å². The molecular formula is C31H37Cl2N5O2S. The van der Waals surface area contributed by atoms with Gasteiger partial charge in [-0.05, 0) is 49.9 Å². The molecule has 1 unspecified atom stereocenters. The molecule has 0 radical (unpaired) electrons. The number of benzene rings is 2. The lowest BCUT2D eigenvalue weighted by Gasteiger charge is -2.41. The van der Waals surface area contributed by atoms with E-state index in [0.29, 0.717) is 48.4 Å². The molecular weight excluding hydrogens is 577 g/mol. The normalized spacial score (nSPS) is 18.1. The lowest BCUT2D eigenvalue weighted by molar-refractivity contribution is -0.146. The van der Waals surface area contributed by atoms with E-state index in [-0.39, 0.29) is 17.9 Å². The predicted octanol–water partition coefficient (Wildman–Crippen LogP) is 6.68. The van der Waals surface area contributed by atoms with Crippen LogP contribution in [0.5, 0.6) is 0 Å². The summed E-state index contributed by atoms with van der Waals surface area (Å²) in [5.41, 5.74) is 1.99. The number of hydrogen-bond acceptors (Lipinski definition) is 5. The molecule has 1 saturated heterocycles. The molecule has 2 heterocycles. The van der Waals surface area contributed by atoms with Crippen LogP contribution in [0, 0.1) is 5.92 Å². The Hall–Kier alpha value is -2.55. The maximum absolute atomic E-state index is 13.1. The number of aromatic nitrogens is 3. The Morgan fingerprint density at radius 2 is 1.76 bits per heavy atom. The molecule has 0 bridgehead atoms. The van der Waals surface area contributed by atoms with E-state index < -0.39 is 0 Å². The standard InChI is InChI=1S/C31H37Cl2N5O2S/c1-22-21-36(16-17-37(22)30(40)24-11-6-3-7-12-24)29(39)13-8-18-41-31-35-34-28(19-23-9-4-2-5-10-23)38(31)25-14-15-26(32)27(33)20-25/h2,4-5,9-10,14-15,20,22,24H,3,6-8,11-13,16-19,21H2,1H3. The molecule has 2 aliphatic rings. The lowest BCUT2D eigenvalue weighted by atomic mass is 9.88. The maximum atomic E-state index is 13.1. The summed E-state index contributed by atoms with van der Waals surface area (Å²) < 4.78 is 2.02. The second-order valence-electron chi connectivity index (χ2n) is 11.0. The molecule has 3 aromatic rings. The number of thioether (sulfide) groups is 1. The summed E-state index contributed by atoms with van der Waals surface area (Å²) >= 11 is 14.1. The van der Waals surface area contributed by atoms with Crippen molar-refractivity contribution in [1.29, 1.82) is 0 Å². The van der Waals surface area contributed by atoms with Gasteiger partial charge in [0.2, 0.25) is 11.8 Å². The summed E-state index contributed by atoms with van der Waals surface area (Å²) in [6.45, 7) is 3.93. The van der Waals surface area contributed by atoms with Crippen molar-refractivity contribution in [3.63, 3.8) is 0 Å². The minimum atomic E-state index is 0.0595. The third-order valence-electron chi connectivity index (χ3n) is 8.05. The molecule has 1 aliphatic carbocycles. The number of amides is 2. The van der Waals surface area contributed by atoms with Crippen LogP contribution < -0.4 is 0 Å². The highest BCUT2D eigenvalue weighted by atomic mass is 35.5. The number of carbonyl (C=O) groups is 2. The second-order valence-corrected chi connectivity index (χ2v) is 12.9. The van der Waals surface area contributed by atoms with E-state index in [4.69, 9.17) is 23.2 Å². The van der Waals surface area contributed by atoms with Gasteiger partial charge in [-0.25, -0.2) is 0 Å². The molecule has 218 valence electrons. The zero-order valence-electron chi connectivity index (χ0n) is 23.5. The van der Waals surface area contributed by atoms with Crippen LogP contribution in [0.2, 0.25) is 10.0 Å². The van der Waals surface area contributed by atoms with Crippen molar-refractivity contribution in [3.8, 4) is 5.69 Å². The van der Waals surface area contributed by atoms with E-state index in [1.807, 2.05) is 44.7 Å². The van der Waals surface area contributed by atoms with E-state index in [9.17, 15) is 9.59 Å². The van der Waals surface area contributed by atoms with Gasteiger partial charge in [0.25, 0.3) is 0 Å². The molecule has 41 heavy (non-hydrogen) atoms. The Morgan fingerprint density at radius 3 is 2.49 bits per heavy atom. The summed E-state index contributed by atoms with van der Waals surface area (Å²) in [5.74, 6) is 2.15. The zero-order valence-corrected chi connectivity index (χ0v) is 25.8. The summed E-state index contributed by atoms with van der Waals surface area (Å²) in [7, 11) is 0. The van der Waals surface area contributed by atoms with Crippen LogP contribution in [-0.4, -0.2) is 67.8 Å². The van der Waals surface area contributed by atoms with Crippen LogP contribution >= 0.6 is 35.0 Å². The molecule has 1 aromatic heterocycles. The second kappa shape index (κ2) is 14.1. The Bertz CT molecular complexity index is 1350. The summed E-state index contributed by atoms with van der Waals surface area (Å²) in [6, 6.07) is 15.7. The highest BCUT2D eigenvalue weighted by Gasteiger charge is 2.33. The van der Waals surface area contributed by atoms with Gasteiger partial charge in [0.15, 0.2) is 5.16 Å². The first-order valence-corrected chi connectivity index (χ1v) is 16.3. The van der Waals surface area contributed by atoms with Crippen LogP contribution in [0.15, 0.2) is 53.7 Å². The van der Waals surface area contributed by atoms with Crippen molar-refractivity contribution in [2.75, 3.05) is 25.4 Å². The first kappa shape index (κ1) is 29.9. The molecule has 1 aliphatic heterocycles. The molecule has 2 fully saturated rings. The van der Waals surface area contributed by atoms with Crippen LogP contribution in [0.3, 0.4) is 0 Å². The number of halogens is 2. The van der Waals surface area contributed by atoms with Gasteiger partial charge >= 0.3 is 0 Å². The third-order valence-corrected chi connectivity index (χ3v) is 9.80. The molecule has 0 N–H and O–H groups in total. The molecule has 2 aromatic carbocycles. The smallest absolute Gasteiger partial charge is 0.226 e. The highest BCUT2D eigenvalue weighted by molar-refractivity contribution is 7.99. The SMILES string of the molecule is CC1CN(C(=O)CCCSc2nnc(Cc3ccccc3)n2-c2ccc(Cl)c(Cl)c2)CCN1C(=O)C1CCCCC1. The quantitative estimate of drug-likeness (QED) is 0.199. The lowest BCUT2D eigenvalue weighted by Crippen LogP contribution is -2.56. The summed E-state index contributed by atoms with van der Waals surface area (Å²) in [4.78, 5) is 30.0. The van der Waals surface area contributed by atoms with E-state index in [0.717, 1.165) is 60.1 Å². The fraction of sp³-hybridized carbons (Fsp3) is 0.484. The van der Waals surface area contributed by atoms with Gasteiger partial charge in [0, 0.05) is 50.2 Å². The van der Waals surface area contributed by atoms with Gasteiger partial charge in [-0.15, -0.1) is 10.2 Å². The number of rotatable bonds is 9. The van der Waals surface area contributed by atoms with Crippen LogP contribution in [0.4, 0.5) is 0 Å². The fourth-order valence-electron chi connectivity index (χ4n) is 5.81. The molecule has 5 rings (SSSR count). The number of piperazine rings is 1. The Morgan fingerprint density at radius 1 is 0.976 bits per heavy atom. The minimum absolute atomic E-state index is 0.0595. The van der Waals surface area contributed by atoms with Crippen molar-refractivity contribution in [2.24, 2.45) is 5.92 Å². The number of carbonyl (C=O) groups excluding carboxylic acids is 2. The van der Waals surface area contributed by atoms with Crippen LogP contribution in [0.25, 0.3) is 5.69 Å². The minimum Gasteiger partial charge on any atom is -0.339 e. The van der Waals surface area contributed by atoms with E-state index in [2.05, 4.69) is 29.3 Å². The van der Waals surface area contributed by atoms with Gasteiger partial charge in [-0.1, -0.05) is 84.6 Å². The van der Waals surface area contributed by atoms with Gasteiger partial charge in [0.05, 0.1) is 15.7 Å². The molecule has 7 nitrogen and oxygen atoms in total. The number of hydrogen-bond donors (Lipinski definition) is 0. The molecule has 1 saturated carbocycles. The van der Waals surface area contributed by atoms with Gasteiger partial charge in [0.1, 0.15) is 5.82 Å². The Kier molecular flexibility index (Phi) is 10.3. The molecule has 0 spiro atoms. The zero-order chi connectivity index (χ0) is 28.8. The van der Waals surface area contributed by atoms with Crippen LogP contribution in [-0.2, 0) is 16.0 Å². The highest BCUT2D eigenvalue weighted by Crippen LogP contribution is 2.30. The van der Waals surface area contributed by atoms with Gasteiger partial charge < -0.3 is 9.80 Å². The topological polar surface area (TPSA) is 71.3 Å². The van der Waals surface area contributed by atoms with Crippen molar-refractivity contribution in [2.45, 2.75) is 69.5 Å². The Labute approximate surface area is 256 Å². The summed E-state index contributed by atoms with van der Waals surface area (Å²) in [6.07, 6.45) is 7.38. The van der Waals surface area contributed by atoms with Crippen molar-refractivity contribution in [3.05, 3.63) is 70.0 Å². The largest absolute Gasteiger partial charge is 0.339 e. The summed E-state index contributed by atoms with van der Waals surface area (Å²) in [5, 5.41) is 10.7. The predicted molar refractivity (Wildman–Crippen MR) is 165 cm³/mol. The van der Waals surface area contributed by atoms with Gasteiger partial charge in [-0.2, -0.15) is 0 Å². The average molecular weight is 615 g/mol. The van der Waals surface area contributed by atoms with Crippen molar-refractivity contribution >= 4 is 46.8 Å². The first-order chi connectivity index (χ1) is 19.9. The van der Waals surface area contributed by atoms with Crippen molar-refractivity contribution < 1.29 is 9.59 Å². The monoisotopic (exact) mass is 613 g/mol. The first-order valence-electron chi connectivity index (χ1n) is 14.6. The van der Waals surface area contributed by atoms with Gasteiger partial charge in [-0.3, -0.25) is 14.2 Å². The average Bonchev–Trinajstić information content (AvgIpc) is 3.39. The van der Waals surface area contributed by atoms with E-state index >= 15 is 0 Å². The molecule has 2 amide bonds. The van der Waals surface area contributed by atoms with Crippen molar-refractivity contribution in [1.82, 2.24) is 24.6 Å². The third kappa shape index (κ3) is 7.46. The van der Waals surface area contributed by atoms with Crippen LogP contribution in [0.1, 0.15) is 63.3 Å². The Balaban J connectivity index is 1.16. The van der Waals surface area contributed by atoms with E-state index in [1.54, 1.807) is 17.8 Å². The number of nitrogens with zero attached hydrogens (tertiary/aromatic N) is 5.